The molecule has 168 valence electrons. The largest absolute Gasteiger partial charge is 0.386 e. The van der Waals surface area contributed by atoms with Crippen LogP contribution in [0.25, 0.3) is 11.1 Å². The van der Waals surface area contributed by atoms with E-state index in [-0.39, 0.29) is 31.0 Å². The van der Waals surface area contributed by atoms with Gasteiger partial charge in [0.05, 0.1) is 17.4 Å². The third kappa shape index (κ3) is 3.14. The second kappa shape index (κ2) is 7.12. The minimum Gasteiger partial charge on any atom is -0.386 e. The average molecular weight is 480 g/mol. The van der Waals surface area contributed by atoms with Crippen LogP contribution in [0.5, 0.6) is 0 Å². The fourth-order valence-electron chi connectivity index (χ4n) is 4.24. The number of sulfone groups is 1. The van der Waals surface area contributed by atoms with Crippen molar-refractivity contribution in [1.82, 2.24) is 10.1 Å². The predicted octanol–water partition coefficient (Wildman–Crippen LogP) is 2.92. The van der Waals surface area contributed by atoms with Gasteiger partial charge in [-0.1, -0.05) is 16.8 Å². The molecular weight excluding hydrogens is 461 g/mol. The molecule has 5 rings (SSSR count). The number of aromatic nitrogens is 2. The topological polar surface area (TPSA) is 133 Å². The van der Waals surface area contributed by atoms with Crippen molar-refractivity contribution in [3.05, 3.63) is 46.9 Å². The van der Waals surface area contributed by atoms with Gasteiger partial charge >= 0.3 is 0 Å². The third-order valence-electron chi connectivity index (χ3n) is 5.97. The Morgan fingerprint density at radius 3 is 2.84 bits per heavy atom. The van der Waals surface area contributed by atoms with Gasteiger partial charge in [-0.15, -0.1) is 0 Å². The summed E-state index contributed by atoms with van der Waals surface area (Å²) in [4.78, 5) is 8.68. The van der Waals surface area contributed by atoms with Crippen molar-refractivity contribution in [2.24, 2.45) is 10.7 Å². The first-order valence-corrected chi connectivity index (χ1v) is 11.8. The van der Waals surface area contributed by atoms with E-state index in [1.807, 2.05) is 0 Å². The van der Waals surface area contributed by atoms with Gasteiger partial charge in [-0.2, -0.15) is 0 Å². The molecule has 1 spiro atoms. The van der Waals surface area contributed by atoms with E-state index in [2.05, 4.69) is 20.4 Å². The van der Waals surface area contributed by atoms with Crippen LogP contribution in [0.2, 0.25) is 5.02 Å². The van der Waals surface area contributed by atoms with Gasteiger partial charge in [-0.05, 0) is 31.5 Å². The van der Waals surface area contributed by atoms with Crippen molar-refractivity contribution in [1.29, 1.82) is 0 Å². The number of nitrogens with zero attached hydrogens (tertiary/aromatic N) is 3. The summed E-state index contributed by atoms with van der Waals surface area (Å²) in [5.41, 5.74) is 6.10. The maximum absolute atomic E-state index is 14.9. The maximum atomic E-state index is 14.9. The van der Waals surface area contributed by atoms with Gasteiger partial charge in [0.1, 0.15) is 17.2 Å². The van der Waals surface area contributed by atoms with Gasteiger partial charge < -0.3 is 20.3 Å². The number of halogens is 2. The summed E-state index contributed by atoms with van der Waals surface area (Å²) in [5, 5.41) is 7.36. The number of ether oxygens (including phenoxy) is 1. The molecule has 2 aromatic heterocycles. The number of rotatable bonds is 3. The SMILES string of the molecule is C[C@@]1(c2cc(Nc3noc4cc(Cl)cnc34)ccc2F)CS(=O)(=O)C2(CCOC2)C(N)=N1. The molecular formula is C20H19ClFN5O4S. The van der Waals surface area contributed by atoms with Gasteiger partial charge in [0.25, 0.3) is 0 Å². The Kier molecular flexibility index (Phi) is 4.70. The van der Waals surface area contributed by atoms with E-state index in [0.29, 0.717) is 27.6 Å². The number of benzene rings is 1. The highest BCUT2D eigenvalue weighted by Gasteiger charge is 2.57. The molecule has 2 atom stereocenters. The lowest BCUT2D eigenvalue weighted by Gasteiger charge is -2.39. The molecule has 0 saturated carbocycles. The fourth-order valence-corrected chi connectivity index (χ4v) is 6.65. The number of anilines is 2. The summed E-state index contributed by atoms with van der Waals surface area (Å²) in [6.07, 6.45) is 1.69. The average Bonchev–Trinajstić information content (AvgIpc) is 3.36. The number of pyridine rings is 1. The Morgan fingerprint density at radius 2 is 2.12 bits per heavy atom. The first-order valence-electron chi connectivity index (χ1n) is 9.77. The van der Waals surface area contributed by atoms with E-state index in [4.69, 9.17) is 26.6 Å². The number of amidine groups is 1. The first-order chi connectivity index (χ1) is 15.1. The van der Waals surface area contributed by atoms with Crippen LogP contribution in [0.1, 0.15) is 18.9 Å². The van der Waals surface area contributed by atoms with Gasteiger partial charge in [0.15, 0.2) is 25.7 Å². The van der Waals surface area contributed by atoms with Gasteiger partial charge in [-0.25, -0.2) is 17.8 Å². The quantitative estimate of drug-likeness (QED) is 0.585. The highest BCUT2D eigenvalue weighted by Crippen LogP contribution is 2.42. The molecule has 1 saturated heterocycles. The number of hydrogen-bond acceptors (Lipinski definition) is 9. The minimum atomic E-state index is -3.76. The molecule has 0 amide bonds. The number of nitrogens with one attached hydrogen (secondary N) is 1. The maximum Gasteiger partial charge on any atom is 0.200 e. The predicted molar refractivity (Wildman–Crippen MR) is 117 cm³/mol. The Labute approximate surface area is 187 Å². The lowest BCUT2D eigenvalue weighted by atomic mass is 9.92. The van der Waals surface area contributed by atoms with Crippen LogP contribution in [0.4, 0.5) is 15.9 Å². The van der Waals surface area contributed by atoms with Crippen molar-refractivity contribution in [3.8, 4) is 0 Å². The third-order valence-corrected chi connectivity index (χ3v) is 8.84. The minimum absolute atomic E-state index is 0.0406. The molecule has 12 heteroatoms. The lowest BCUT2D eigenvalue weighted by Crippen LogP contribution is -2.58. The second-order valence-corrected chi connectivity index (χ2v) is 10.9. The summed E-state index contributed by atoms with van der Waals surface area (Å²) in [7, 11) is -3.76. The summed E-state index contributed by atoms with van der Waals surface area (Å²) in [6, 6.07) is 5.79. The standard InChI is InChI=1S/C20H19ClFN5O4S/c1-19(10-32(28,29)20(18(23)26-19)4-5-30-9-20)13-7-12(2-3-14(13)22)25-17-16-15(31-27-17)6-11(21)8-24-16/h2-3,6-8H,4-5,9-10H2,1H3,(H2,23,26)(H,25,27)/t19-,20?/m0/s1. The molecule has 3 aromatic rings. The molecule has 2 aliphatic heterocycles. The van der Waals surface area contributed by atoms with E-state index in [1.165, 1.54) is 24.4 Å². The molecule has 0 bridgehead atoms. The molecule has 1 aromatic carbocycles. The van der Waals surface area contributed by atoms with Gasteiger partial charge in [-0.3, -0.25) is 4.99 Å². The van der Waals surface area contributed by atoms with Crippen molar-refractivity contribution in [2.45, 2.75) is 23.6 Å². The number of nitrogens with two attached hydrogens (primary N) is 1. The molecule has 0 radical (unpaired) electrons. The normalized spacial score (nSPS) is 27.0. The Bertz CT molecular complexity index is 1370. The van der Waals surface area contributed by atoms with Crippen LogP contribution < -0.4 is 11.1 Å². The van der Waals surface area contributed by atoms with Crippen LogP contribution in [0, 0.1) is 5.82 Å². The van der Waals surface area contributed by atoms with Crippen molar-refractivity contribution >= 4 is 49.9 Å². The van der Waals surface area contributed by atoms with Crippen LogP contribution in [-0.4, -0.2) is 48.1 Å². The zero-order chi connectivity index (χ0) is 22.7. The first kappa shape index (κ1) is 21.1. The van der Waals surface area contributed by atoms with E-state index in [9.17, 15) is 12.8 Å². The second-order valence-electron chi connectivity index (χ2n) is 8.18. The zero-order valence-corrected chi connectivity index (χ0v) is 18.5. The lowest BCUT2D eigenvalue weighted by molar-refractivity contribution is 0.194. The molecule has 1 fully saturated rings. The monoisotopic (exact) mass is 479 g/mol. The van der Waals surface area contributed by atoms with Crippen LogP contribution in [-0.2, 0) is 20.1 Å². The number of hydrogen-bond donors (Lipinski definition) is 2. The molecule has 1 unspecified atom stereocenters. The summed E-state index contributed by atoms with van der Waals surface area (Å²) in [5.74, 6) is -0.735. The fraction of sp³-hybridized carbons (Fsp3) is 0.350. The van der Waals surface area contributed by atoms with Crippen molar-refractivity contribution in [3.63, 3.8) is 0 Å². The summed E-state index contributed by atoms with van der Waals surface area (Å²) < 4.78 is 50.5. The Balaban J connectivity index is 1.54. The summed E-state index contributed by atoms with van der Waals surface area (Å²) >= 11 is 5.92. The highest BCUT2D eigenvalue weighted by molar-refractivity contribution is 7.93. The van der Waals surface area contributed by atoms with Gasteiger partial charge in [0.2, 0.25) is 5.82 Å². The van der Waals surface area contributed by atoms with Crippen LogP contribution >= 0.6 is 11.6 Å². The Morgan fingerprint density at radius 1 is 1.31 bits per heavy atom. The molecule has 9 nitrogen and oxygen atoms in total. The van der Waals surface area contributed by atoms with E-state index >= 15 is 0 Å². The summed E-state index contributed by atoms with van der Waals surface area (Å²) in [6.45, 7) is 1.79. The Hall–Kier alpha value is -2.76. The van der Waals surface area contributed by atoms with Crippen molar-refractivity contribution < 1.29 is 22.1 Å². The number of aliphatic imine (C=N–C) groups is 1. The van der Waals surface area contributed by atoms with Gasteiger partial charge in [0, 0.05) is 30.1 Å². The van der Waals surface area contributed by atoms with E-state index < -0.39 is 31.7 Å². The molecule has 32 heavy (non-hydrogen) atoms. The van der Waals surface area contributed by atoms with Crippen molar-refractivity contribution in [2.75, 3.05) is 24.3 Å². The van der Waals surface area contributed by atoms with Crippen LogP contribution in [0.3, 0.4) is 0 Å². The molecule has 3 N–H and O–H groups in total. The van der Waals surface area contributed by atoms with E-state index in [1.54, 1.807) is 13.0 Å². The van der Waals surface area contributed by atoms with E-state index in [0.717, 1.165) is 0 Å². The molecule has 4 heterocycles. The smallest absolute Gasteiger partial charge is 0.200 e. The number of fused-ring (bicyclic) bond motifs is 1. The highest BCUT2D eigenvalue weighted by atomic mass is 35.5. The molecule has 0 aliphatic carbocycles. The molecule has 2 aliphatic rings. The zero-order valence-electron chi connectivity index (χ0n) is 16.9. The van der Waals surface area contributed by atoms with Crippen LogP contribution in [0.15, 0.2) is 40.0 Å².